The lowest BCUT2D eigenvalue weighted by Crippen LogP contribution is -2.57. The lowest BCUT2D eigenvalue weighted by Gasteiger charge is -2.35. The first kappa shape index (κ1) is 23.7. The number of benzene rings is 1. The van der Waals surface area contributed by atoms with Crippen molar-refractivity contribution in [2.24, 2.45) is 0 Å². The molecule has 1 amide bonds. The van der Waals surface area contributed by atoms with Gasteiger partial charge < -0.3 is 10.6 Å². The second-order valence-corrected chi connectivity index (χ2v) is 8.46. The van der Waals surface area contributed by atoms with Crippen molar-refractivity contribution in [1.82, 2.24) is 15.5 Å². The molecule has 11 heteroatoms. The van der Waals surface area contributed by atoms with Crippen molar-refractivity contribution >= 4 is 28.2 Å². The van der Waals surface area contributed by atoms with Gasteiger partial charge in [0.1, 0.15) is 6.04 Å². The molecule has 1 atom stereocenters. The first-order valence-corrected chi connectivity index (χ1v) is 10.2. The highest BCUT2D eigenvalue weighted by molar-refractivity contribution is 7.89. The van der Waals surface area contributed by atoms with Gasteiger partial charge in [-0.1, -0.05) is 12.1 Å². The van der Waals surface area contributed by atoms with Gasteiger partial charge in [-0.05, 0) is 17.7 Å². The van der Waals surface area contributed by atoms with Crippen LogP contribution in [0.25, 0.3) is 0 Å². The average Bonchev–Trinajstić information content (AvgIpc) is 2.53. The number of nitrogens with one attached hydrogen (secondary N) is 2. The van der Waals surface area contributed by atoms with Crippen molar-refractivity contribution in [3.05, 3.63) is 35.4 Å². The molecule has 27 heavy (non-hydrogen) atoms. The Kier molecular flexibility index (Phi) is 8.52. The number of hydrogen-bond donors (Lipinski definition) is 2. The van der Waals surface area contributed by atoms with Crippen LogP contribution in [-0.2, 0) is 15.6 Å². The first-order chi connectivity index (χ1) is 12.1. The van der Waals surface area contributed by atoms with Crippen molar-refractivity contribution in [3.63, 3.8) is 0 Å². The molecule has 6 nitrogen and oxygen atoms in total. The van der Waals surface area contributed by atoms with E-state index in [9.17, 15) is 26.4 Å². The molecule has 2 N–H and O–H groups in total. The zero-order valence-corrected chi connectivity index (χ0v) is 16.4. The van der Waals surface area contributed by atoms with Crippen LogP contribution in [0, 0.1) is 0 Å². The maximum Gasteiger partial charge on any atom is 0.405 e. The summed E-state index contributed by atoms with van der Waals surface area (Å²) < 4.78 is 62.7. The van der Waals surface area contributed by atoms with E-state index in [1.807, 2.05) is 0 Å². The average molecular weight is 430 g/mol. The van der Waals surface area contributed by atoms with Crippen LogP contribution in [0.2, 0.25) is 0 Å². The number of amides is 1. The van der Waals surface area contributed by atoms with E-state index in [0.29, 0.717) is 18.7 Å². The predicted molar refractivity (Wildman–Crippen MR) is 98.9 cm³/mol. The Morgan fingerprint density at radius 2 is 1.93 bits per heavy atom. The van der Waals surface area contributed by atoms with E-state index in [1.165, 1.54) is 23.1 Å². The number of carbonyl (C=O) groups excluding carboxylic acids is 1. The fourth-order valence-electron chi connectivity index (χ4n) is 2.84. The molecule has 0 radical (unpaired) electrons. The molecular weight excluding hydrogens is 407 g/mol. The van der Waals surface area contributed by atoms with Gasteiger partial charge in [0.25, 0.3) is 5.91 Å². The minimum Gasteiger partial charge on any atom is -0.350 e. The van der Waals surface area contributed by atoms with Gasteiger partial charge in [0.05, 0.1) is 5.75 Å². The largest absolute Gasteiger partial charge is 0.405 e. The van der Waals surface area contributed by atoms with Crippen molar-refractivity contribution < 1.29 is 26.4 Å². The maximum atomic E-state index is 13.3. The second kappa shape index (κ2) is 9.72. The van der Waals surface area contributed by atoms with E-state index in [0.717, 1.165) is 6.26 Å². The molecule has 1 unspecified atom stereocenters. The summed E-state index contributed by atoms with van der Waals surface area (Å²) in [6, 6.07) is 4.12. The highest BCUT2D eigenvalue weighted by Gasteiger charge is 2.43. The lowest BCUT2D eigenvalue weighted by atomic mass is 10.1. The van der Waals surface area contributed by atoms with Crippen LogP contribution < -0.4 is 10.6 Å². The van der Waals surface area contributed by atoms with E-state index in [4.69, 9.17) is 0 Å². The molecule has 1 aliphatic rings. The molecule has 1 aliphatic heterocycles. The van der Waals surface area contributed by atoms with Crippen LogP contribution in [0.5, 0.6) is 0 Å². The molecule has 1 aromatic carbocycles. The molecule has 1 heterocycles. The summed E-state index contributed by atoms with van der Waals surface area (Å²) in [7, 11) is -3.27. The molecule has 0 aromatic heterocycles. The standard InChI is InChI=1S/C16H22F3N3O3S.ClH/c1-26(24,25)11-12-3-2-4-13(9-12)15(23)21-10-14(16(17,18)19)22-7-5-20-6-8-22;/h2-4,9,14,20H,5-8,10-11H2,1H3,(H,21,23);1H. The number of piperazine rings is 1. The molecule has 0 aliphatic carbocycles. The Morgan fingerprint density at radius 1 is 1.30 bits per heavy atom. The third-order valence-electron chi connectivity index (χ3n) is 4.04. The summed E-state index contributed by atoms with van der Waals surface area (Å²) in [5, 5.41) is 5.31. The Hall–Kier alpha value is -1.36. The Bertz CT molecular complexity index is 738. The summed E-state index contributed by atoms with van der Waals surface area (Å²) >= 11 is 0. The predicted octanol–water partition coefficient (Wildman–Crippen LogP) is 1.22. The van der Waals surface area contributed by atoms with Gasteiger partial charge in [0.2, 0.25) is 0 Å². The van der Waals surface area contributed by atoms with Crippen LogP contribution in [0.1, 0.15) is 15.9 Å². The number of rotatable bonds is 6. The molecule has 154 valence electrons. The highest BCUT2D eigenvalue weighted by atomic mass is 35.5. The molecule has 0 bridgehead atoms. The summed E-state index contributed by atoms with van der Waals surface area (Å²) in [4.78, 5) is 13.5. The van der Waals surface area contributed by atoms with E-state index in [1.54, 1.807) is 6.07 Å². The normalized spacial score (nSPS) is 17.0. The summed E-state index contributed by atoms with van der Waals surface area (Å²) in [6.07, 6.45) is -3.39. The van der Waals surface area contributed by atoms with Gasteiger partial charge in [-0.3, -0.25) is 9.69 Å². The Balaban J connectivity index is 0.00000364. The fourth-order valence-corrected chi connectivity index (χ4v) is 3.63. The summed E-state index contributed by atoms with van der Waals surface area (Å²) in [5.41, 5.74) is 0.544. The Morgan fingerprint density at radius 3 is 2.48 bits per heavy atom. The smallest absolute Gasteiger partial charge is 0.350 e. The molecule has 1 aromatic rings. The van der Waals surface area contributed by atoms with Crippen LogP contribution in [0.4, 0.5) is 13.2 Å². The van der Waals surface area contributed by atoms with Crippen molar-refractivity contribution in [2.45, 2.75) is 18.0 Å². The minimum absolute atomic E-state index is 0. The van der Waals surface area contributed by atoms with Crippen molar-refractivity contribution in [1.29, 1.82) is 0 Å². The number of nitrogens with zero attached hydrogens (tertiary/aromatic N) is 1. The monoisotopic (exact) mass is 429 g/mol. The topological polar surface area (TPSA) is 78.5 Å². The lowest BCUT2D eigenvalue weighted by molar-refractivity contribution is -0.183. The molecule has 1 fully saturated rings. The second-order valence-electron chi connectivity index (χ2n) is 6.32. The molecule has 0 spiro atoms. The van der Waals surface area contributed by atoms with Crippen LogP contribution in [0.3, 0.4) is 0 Å². The van der Waals surface area contributed by atoms with E-state index < -0.39 is 34.5 Å². The van der Waals surface area contributed by atoms with Crippen LogP contribution >= 0.6 is 12.4 Å². The third-order valence-corrected chi connectivity index (χ3v) is 4.90. The molecule has 0 saturated carbocycles. The highest BCUT2D eigenvalue weighted by Crippen LogP contribution is 2.25. The van der Waals surface area contributed by atoms with Gasteiger partial charge in [0, 0.05) is 44.5 Å². The van der Waals surface area contributed by atoms with Crippen molar-refractivity contribution in [2.75, 3.05) is 39.0 Å². The van der Waals surface area contributed by atoms with E-state index in [2.05, 4.69) is 10.6 Å². The van der Waals surface area contributed by atoms with Crippen molar-refractivity contribution in [3.8, 4) is 0 Å². The van der Waals surface area contributed by atoms with Gasteiger partial charge >= 0.3 is 6.18 Å². The van der Waals surface area contributed by atoms with Gasteiger partial charge in [0.15, 0.2) is 9.84 Å². The zero-order valence-electron chi connectivity index (χ0n) is 14.8. The van der Waals surface area contributed by atoms with Crippen LogP contribution in [0.15, 0.2) is 24.3 Å². The maximum absolute atomic E-state index is 13.3. The minimum atomic E-state index is -4.46. The van der Waals surface area contributed by atoms with Gasteiger partial charge in [-0.15, -0.1) is 12.4 Å². The summed E-state index contributed by atoms with van der Waals surface area (Å²) in [6.45, 7) is 0.883. The summed E-state index contributed by atoms with van der Waals surface area (Å²) in [5.74, 6) is -0.898. The zero-order chi connectivity index (χ0) is 19.4. The van der Waals surface area contributed by atoms with Gasteiger partial charge in [-0.25, -0.2) is 8.42 Å². The van der Waals surface area contributed by atoms with Crippen LogP contribution in [-0.4, -0.2) is 70.4 Å². The molecule has 1 saturated heterocycles. The van der Waals surface area contributed by atoms with E-state index in [-0.39, 0.29) is 36.8 Å². The van der Waals surface area contributed by atoms with Gasteiger partial charge in [-0.2, -0.15) is 13.2 Å². The fraction of sp³-hybridized carbons (Fsp3) is 0.562. The molecule has 2 rings (SSSR count). The van der Waals surface area contributed by atoms with E-state index >= 15 is 0 Å². The number of alkyl halides is 3. The third kappa shape index (κ3) is 7.65. The SMILES string of the molecule is CS(=O)(=O)Cc1cccc(C(=O)NCC(N2CCNCC2)C(F)(F)F)c1.Cl. The molecular formula is C16H23ClF3N3O3S. The number of sulfone groups is 1. The number of carbonyl (C=O) groups is 1. The Labute approximate surface area is 162 Å². The number of hydrogen-bond acceptors (Lipinski definition) is 5. The number of halogens is 4. The quantitative estimate of drug-likeness (QED) is 0.711. The first-order valence-electron chi connectivity index (χ1n) is 8.12.